The van der Waals surface area contributed by atoms with Gasteiger partial charge in [0.05, 0.1) is 5.69 Å². The molecule has 0 amide bonds. The van der Waals surface area contributed by atoms with E-state index in [0.717, 1.165) is 25.9 Å². The van der Waals surface area contributed by atoms with Crippen LogP contribution in [0.3, 0.4) is 0 Å². The van der Waals surface area contributed by atoms with E-state index in [2.05, 4.69) is 35.9 Å². The fraction of sp³-hybridized carbons (Fsp3) is 0.727. The molecule has 0 aromatic carbocycles. The largest absolute Gasteiger partial charge is 0.370 e. The number of rotatable bonds is 3. The summed E-state index contributed by atoms with van der Waals surface area (Å²) >= 11 is 0. The second-order valence-corrected chi connectivity index (χ2v) is 4.36. The van der Waals surface area contributed by atoms with Gasteiger partial charge in [-0.05, 0) is 25.7 Å². The molecular formula is C11H19N3. The summed E-state index contributed by atoms with van der Waals surface area (Å²) in [5, 5.41) is 8.06. The van der Waals surface area contributed by atoms with E-state index < -0.39 is 0 Å². The predicted octanol–water partition coefficient (Wildman–Crippen LogP) is 2.07. The highest BCUT2D eigenvalue weighted by Gasteiger charge is 2.21. The van der Waals surface area contributed by atoms with Crippen molar-refractivity contribution in [1.29, 1.82) is 0 Å². The van der Waals surface area contributed by atoms with Gasteiger partial charge in [0, 0.05) is 18.7 Å². The van der Waals surface area contributed by atoms with Gasteiger partial charge in [0.1, 0.15) is 5.82 Å². The molecule has 0 saturated heterocycles. The molecule has 78 valence electrons. The standard InChI is InChI=1S/C11H19N3/c1-4-14-11-9(5-6-12-11)10(13-14)7-8(2)3/h8,12H,4-7H2,1-3H3. The van der Waals surface area contributed by atoms with Crippen LogP contribution in [0.5, 0.6) is 0 Å². The van der Waals surface area contributed by atoms with E-state index in [9.17, 15) is 0 Å². The van der Waals surface area contributed by atoms with Crippen LogP contribution < -0.4 is 5.32 Å². The molecule has 14 heavy (non-hydrogen) atoms. The van der Waals surface area contributed by atoms with E-state index in [4.69, 9.17) is 0 Å². The van der Waals surface area contributed by atoms with Gasteiger partial charge >= 0.3 is 0 Å². The fourth-order valence-electron chi connectivity index (χ4n) is 2.09. The van der Waals surface area contributed by atoms with E-state index in [-0.39, 0.29) is 0 Å². The summed E-state index contributed by atoms with van der Waals surface area (Å²) in [5.41, 5.74) is 2.77. The van der Waals surface area contributed by atoms with Crippen molar-refractivity contribution in [3.05, 3.63) is 11.3 Å². The number of fused-ring (bicyclic) bond motifs is 1. The lowest BCUT2D eigenvalue weighted by molar-refractivity contribution is 0.598. The van der Waals surface area contributed by atoms with Crippen molar-refractivity contribution in [2.45, 2.75) is 40.2 Å². The van der Waals surface area contributed by atoms with E-state index in [0.29, 0.717) is 5.92 Å². The van der Waals surface area contributed by atoms with Crippen molar-refractivity contribution in [2.75, 3.05) is 11.9 Å². The van der Waals surface area contributed by atoms with Crippen LogP contribution in [-0.2, 0) is 19.4 Å². The lowest BCUT2D eigenvalue weighted by Crippen LogP contribution is -2.06. The smallest absolute Gasteiger partial charge is 0.127 e. The maximum absolute atomic E-state index is 4.64. The van der Waals surface area contributed by atoms with E-state index >= 15 is 0 Å². The molecule has 1 aromatic rings. The molecule has 0 aliphatic carbocycles. The number of nitrogens with one attached hydrogen (secondary N) is 1. The van der Waals surface area contributed by atoms with Crippen LogP contribution in [0.2, 0.25) is 0 Å². The van der Waals surface area contributed by atoms with Gasteiger partial charge in [-0.25, -0.2) is 4.68 Å². The molecule has 0 fully saturated rings. The van der Waals surface area contributed by atoms with Crippen LogP contribution in [0.15, 0.2) is 0 Å². The first-order chi connectivity index (χ1) is 6.72. The molecule has 2 heterocycles. The monoisotopic (exact) mass is 193 g/mol. The van der Waals surface area contributed by atoms with Crippen LogP contribution in [-0.4, -0.2) is 16.3 Å². The summed E-state index contributed by atoms with van der Waals surface area (Å²) in [6.45, 7) is 8.69. The first kappa shape index (κ1) is 9.56. The first-order valence-electron chi connectivity index (χ1n) is 5.54. The van der Waals surface area contributed by atoms with Gasteiger partial charge in [0.2, 0.25) is 0 Å². The zero-order valence-corrected chi connectivity index (χ0v) is 9.30. The highest BCUT2D eigenvalue weighted by molar-refractivity contribution is 5.52. The van der Waals surface area contributed by atoms with Crippen LogP contribution in [0.25, 0.3) is 0 Å². The van der Waals surface area contributed by atoms with Crippen molar-refractivity contribution >= 4 is 5.82 Å². The molecule has 0 spiro atoms. The summed E-state index contributed by atoms with van der Waals surface area (Å²) in [6, 6.07) is 0. The molecule has 3 heteroatoms. The summed E-state index contributed by atoms with van der Waals surface area (Å²) in [6.07, 6.45) is 2.26. The molecule has 1 aliphatic heterocycles. The average molecular weight is 193 g/mol. The minimum atomic E-state index is 0.694. The molecule has 3 nitrogen and oxygen atoms in total. The van der Waals surface area contributed by atoms with E-state index in [1.807, 2.05) is 0 Å². The van der Waals surface area contributed by atoms with E-state index in [1.165, 1.54) is 17.1 Å². The Hall–Kier alpha value is -0.990. The van der Waals surface area contributed by atoms with Crippen molar-refractivity contribution in [3.63, 3.8) is 0 Å². The van der Waals surface area contributed by atoms with Crippen LogP contribution in [0, 0.1) is 5.92 Å². The van der Waals surface area contributed by atoms with Gasteiger partial charge in [-0.2, -0.15) is 5.10 Å². The fourth-order valence-corrected chi connectivity index (χ4v) is 2.09. The molecule has 0 bridgehead atoms. The number of aromatic nitrogens is 2. The molecule has 0 saturated carbocycles. The first-order valence-corrected chi connectivity index (χ1v) is 5.54. The Morgan fingerprint density at radius 2 is 2.29 bits per heavy atom. The van der Waals surface area contributed by atoms with Gasteiger partial charge in [0.15, 0.2) is 0 Å². The summed E-state index contributed by atoms with van der Waals surface area (Å²) in [5.74, 6) is 1.96. The summed E-state index contributed by atoms with van der Waals surface area (Å²) in [7, 11) is 0. The Labute approximate surface area is 85.5 Å². The minimum Gasteiger partial charge on any atom is -0.370 e. The summed E-state index contributed by atoms with van der Waals surface area (Å²) < 4.78 is 2.10. The Morgan fingerprint density at radius 1 is 1.50 bits per heavy atom. The predicted molar refractivity (Wildman–Crippen MR) is 58.6 cm³/mol. The zero-order valence-electron chi connectivity index (χ0n) is 9.30. The van der Waals surface area contributed by atoms with Crippen molar-refractivity contribution in [2.24, 2.45) is 5.92 Å². The molecule has 1 aliphatic rings. The highest BCUT2D eigenvalue weighted by atomic mass is 15.3. The third kappa shape index (κ3) is 1.51. The van der Waals surface area contributed by atoms with Crippen LogP contribution in [0.1, 0.15) is 32.0 Å². The maximum atomic E-state index is 4.64. The normalized spacial score (nSPS) is 14.6. The quantitative estimate of drug-likeness (QED) is 0.796. The van der Waals surface area contributed by atoms with Gasteiger partial charge in [-0.15, -0.1) is 0 Å². The van der Waals surface area contributed by atoms with E-state index in [1.54, 1.807) is 0 Å². The number of nitrogens with zero attached hydrogens (tertiary/aromatic N) is 2. The minimum absolute atomic E-state index is 0.694. The summed E-state index contributed by atoms with van der Waals surface area (Å²) in [4.78, 5) is 0. The Kier molecular flexibility index (Phi) is 2.48. The Balaban J connectivity index is 2.32. The Morgan fingerprint density at radius 3 is 2.93 bits per heavy atom. The van der Waals surface area contributed by atoms with Gasteiger partial charge in [0.25, 0.3) is 0 Å². The second kappa shape index (κ2) is 3.64. The van der Waals surface area contributed by atoms with Crippen molar-refractivity contribution in [3.8, 4) is 0 Å². The number of hydrogen-bond donors (Lipinski definition) is 1. The number of aryl methyl sites for hydroxylation is 1. The van der Waals surface area contributed by atoms with Gasteiger partial charge in [-0.1, -0.05) is 13.8 Å². The van der Waals surface area contributed by atoms with Crippen molar-refractivity contribution in [1.82, 2.24) is 9.78 Å². The van der Waals surface area contributed by atoms with Crippen LogP contribution >= 0.6 is 0 Å². The number of hydrogen-bond acceptors (Lipinski definition) is 2. The molecular weight excluding hydrogens is 174 g/mol. The van der Waals surface area contributed by atoms with Crippen LogP contribution in [0.4, 0.5) is 5.82 Å². The third-order valence-corrected chi connectivity index (χ3v) is 2.70. The molecule has 0 radical (unpaired) electrons. The molecule has 2 rings (SSSR count). The maximum Gasteiger partial charge on any atom is 0.127 e. The zero-order chi connectivity index (χ0) is 10.1. The van der Waals surface area contributed by atoms with Gasteiger partial charge < -0.3 is 5.32 Å². The topological polar surface area (TPSA) is 29.9 Å². The lowest BCUT2D eigenvalue weighted by Gasteiger charge is -2.02. The lowest BCUT2D eigenvalue weighted by atomic mass is 10.0. The Bertz CT molecular complexity index is 326. The van der Waals surface area contributed by atoms with Crippen molar-refractivity contribution < 1.29 is 0 Å². The third-order valence-electron chi connectivity index (χ3n) is 2.70. The molecule has 1 aromatic heterocycles. The molecule has 1 N–H and O–H groups in total. The average Bonchev–Trinajstić information content (AvgIpc) is 2.67. The number of anilines is 1. The SMILES string of the molecule is CCn1nc(CC(C)C)c2c1NCC2. The molecule has 0 unspecified atom stereocenters. The highest BCUT2D eigenvalue weighted by Crippen LogP contribution is 2.27. The van der Waals surface area contributed by atoms with Gasteiger partial charge in [-0.3, -0.25) is 0 Å². The molecule has 0 atom stereocenters. The second-order valence-electron chi connectivity index (χ2n) is 4.36.